The molecule has 2 rings (SSSR count). The highest BCUT2D eigenvalue weighted by atomic mass is 35.5. The van der Waals surface area contributed by atoms with Gasteiger partial charge in [0.2, 0.25) is 0 Å². The highest BCUT2D eigenvalue weighted by Crippen LogP contribution is 2.31. The fraction of sp³-hybridized carbons (Fsp3) is 0.125. The van der Waals surface area contributed by atoms with Crippen molar-refractivity contribution in [3.8, 4) is 11.5 Å². The van der Waals surface area contributed by atoms with Crippen LogP contribution in [-0.4, -0.2) is 6.54 Å². The van der Waals surface area contributed by atoms with Crippen molar-refractivity contribution < 1.29 is 4.74 Å². The van der Waals surface area contributed by atoms with Crippen LogP contribution in [0.5, 0.6) is 11.5 Å². The van der Waals surface area contributed by atoms with Crippen LogP contribution in [0.1, 0.15) is 12.5 Å². The normalized spacial score (nSPS) is 11.5. The maximum absolute atomic E-state index is 6.07. The predicted octanol–water partition coefficient (Wildman–Crippen LogP) is 5.15. The topological polar surface area (TPSA) is 35.2 Å². The van der Waals surface area contributed by atoms with E-state index in [1.165, 1.54) is 0 Å². The Kier molecular flexibility index (Phi) is 5.07. The molecule has 0 radical (unpaired) electrons. The van der Waals surface area contributed by atoms with Crippen LogP contribution in [0.2, 0.25) is 10.0 Å². The third-order valence-electron chi connectivity index (χ3n) is 2.86. The van der Waals surface area contributed by atoms with Gasteiger partial charge in [0.1, 0.15) is 11.5 Å². The molecule has 0 aromatic heterocycles. The molecule has 0 spiro atoms. The van der Waals surface area contributed by atoms with Gasteiger partial charge in [0, 0.05) is 11.6 Å². The van der Waals surface area contributed by atoms with Crippen molar-refractivity contribution in [1.29, 1.82) is 0 Å². The number of halogens is 2. The highest BCUT2D eigenvalue weighted by molar-refractivity contribution is 6.35. The van der Waals surface area contributed by atoms with Crippen molar-refractivity contribution in [1.82, 2.24) is 0 Å². The molecular weight excluding hydrogens is 293 g/mol. The molecule has 0 aliphatic carbocycles. The van der Waals surface area contributed by atoms with Gasteiger partial charge in [-0.1, -0.05) is 41.4 Å². The van der Waals surface area contributed by atoms with E-state index < -0.39 is 0 Å². The SMILES string of the molecule is CC(=CCN)c1ccc(Oc2ccc(Cl)cc2Cl)cc1. The molecule has 0 aliphatic rings. The Morgan fingerprint density at radius 3 is 2.45 bits per heavy atom. The Morgan fingerprint density at radius 1 is 1.15 bits per heavy atom. The van der Waals surface area contributed by atoms with Crippen LogP contribution in [0.15, 0.2) is 48.5 Å². The summed E-state index contributed by atoms with van der Waals surface area (Å²) < 4.78 is 5.72. The molecule has 2 aromatic rings. The van der Waals surface area contributed by atoms with Gasteiger partial charge in [0.15, 0.2) is 0 Å². The molecule has 0 saturated heterocycles. The highest BCUT2D eigenvalue weighted by Gasteiger charge is 2.04. The number of benzene rings is 2. The Hall–Kier alpha value is -1.48. The van der Waals surface area contributed by atoms with Crippen LogP contribution in [0.25, 0.3) is 5.57 Å². The molecule has 0 heterocycles. The molecule has 2 N–H and O–H groups in total. The summed E-state index contributed by atoms with van der Waals surface area (Å²) in [5.41, 5.74) is 7.76. The first-order valence-corrected chi connectivity index (χ1v) is 6.96. The van der Waals surface area contributed by atoms with Gasteiger partial charge in [-0.15, -0.1) is 0 Å². The number of nitrogens with two attached hydrogens (primary N) is 1. The first-order chi connectivity index (χ1) is 9.60. The quantitative estimate of drug-likeness (QED) is 0.848. The van der Waals surface area contributed by atoms with Crippen LogP contribution in [-0.2, 0) is 0 Å². The van der Waals surface area contributed by atoms with E-state index in [9.17, 15) is 0 Å². The van der Waals surface area contributed by atoms with Crippen LogP contribution in [0.3, 0.4) is 0 Å². The standard InChI is InChI=1S/C16H15Cl2NO/c1-11(8-9-19)12-2-5-14(6-3-12)20-16-7-4-13(17)10-15(16)18/h2-8,10H,9,19H2,1H3. The summed E-state index contributed by atoms with van der Waals surface area (Å²) in [5.74, 6) is 1.30. The molecule has 0 aliphatic heterocycles. The molecule has 104 valence electrons. The lowest BCUT2D eigenvalue weighted by Gasteiger charge is -2.09. The third kappa shape index (κ3) is 3.76. The monoisotopic (exact) mass is 307 g/mol. The van der Waals surface area contributed by atoms with Crippen LogP contribution in [0.4, 0.5) is 0 Å². The zero-order valence-corrected chi connectivity index (χ0v) is 12.6. The fourth-order valence-corrected chi connectivity index (χ4v) is 2.21. The van der Waals surface area contributed by atoms with Crippen molar-refractivity contribution in [3.05, 3.63) is 64.1 Å². The minimum atomic E-state index is 0.487. The summed E-state index contributed by atoms with van der Waals surface area (Å²) in [6, 6.07) is 12.9. The van der Waals surface area contributed by atoms with E-state index >= 15 is 0 Å². The summed E-state index contributed by atoms with van der Waals surface area (Å²) in [5, 5.41) is 1.07. The lowest BCUT2D eigenvalue weighted by atomic mass is 10.1. The van der Waals surface area contributed by atoms with Crippen molar-refractivity contribution >= 4 is 28.8 Å². The molecule has 2 nitrogen and oxygen atoms in total. The molecule has 0 unspecified atom stereocenters. The van der Waals surface area contributed by atoms with Gasteiger partial charge in [-0.3, -0.25) is 0 Å². The molecule has 2 aromatic carbocycles. The lowest BCUT2D eigenvalue weighted by Crippen LogP contribution is -1.94. The number of allylic oxidation sites excluding steroid dienone is 1. The zero-order chi connectivity index (χ0) is 14.5. The van der Waals surface area contributed by atoms with Crippen LogP contribution < -0.4 is 10.5 Å². The van der Waals surface area contributed by atoms with Crippen LogP contribution in [0, 0.1) is 0 Å². The summed E-state index contributed by atoms with van der Waals surface area (Å²) >= 11 is 11.9. The second-order valence-corrected chi connectivity index (χ2v) is 5.17. The van der Waals surface area contributed by atoms with Gasteiger partial charge < -0.3 is 10.5 Å². The number of rotatable bonds is 4. The Labute approximate surface area is 128 Å². The third-order valence-corrected chi connectivity index (χ3v) is 3.39. The Balaban J connectivity index is 2.17. The summed E-state index contributed by atoms with van der Waals surface area (Å²) in [4.78, 5) is 0. The summed E-state index contributed by atoms with van der Waals surface area (Å²) in [6.07, 6.45) is 1.98. The van der Waals surface area contributed by atoms with E-state index in [-0.39, 0.29) is 0 Å². The van der Waals surface area contributed by atoms with E-state index in [1.54, 1.807) is 18.2 Å². The smallest absolute Gasteiger partial charge is 0.146 e. The molecule has 0 amide bonds. The van der Waals surface area contributed by atoms with E-state index in [1.807, 2.05) is 37.3 Å². The predicted molar refractivity (Wildman–Crippen MR) is 85.7 cm³/mol. The first-order valence-electron chi connectivity index (χ1n) is 6.20. The number of ether oxygens (including phenoxy) is 1. The molecule has 4 heteroatoms. The van der Waals surface area contributed by atoms with Gasteiger partial charge >= 0.3 is 0 Å². The summed E-state index contributed by atoms with van der Waals surface area (Å²) in [6.45, 7) is 2.56. The Bertz CT molecular complexity index is 621. The largest absolute Gasteiger partial charge is 0.456 e. The van der Waals surface area contributed by atoms with Crippen molar-refractivity contribution in [2.75, 3.05) is 6.54 Å². The lowest BCUT2D eigenvalue weighted by molar-refractivity contribution is 0.483. The van der Waals surface area contributed by atoms with Gasteiger partial charge in [0.05, 0.1) is 5.02 Å². The molecule has 0 saturated carbocycles. The minimum absolute atomic E-state index is 0.487. The minimum Gasteiger partial charge on any atom is -0.456 e. The van der Waals surface area contributed by atoms with Crippen LogP contribution >= 0.6 is 23.2 Å². The van der Waals surface area contributed by atoms with E-state index in [0.717, 1.165) is 16.9 Å². The Morgan fingerprint density at radius 2 is 1.85 bits per heavy atom. The number of hydrogen-bond donors (Lipinski definition) is 1. The van der Waals surface area contributed by atoms with Crippen molar-refractivity contribution in [3.63, 3.8) is 0 Å². The average molecular weight is 308 g/mol. The summed E-state index contributed by atoms with van der Waals surface area (Å²) in [7, 11) is 0. The van der Waals surface area contributed by atoms with E-state index in [2.05, 4.69) is 0 Å². The number of hydrogen-bond acceptors (Lipinski definition) is 2. The van der Waals surface area contributed by atoms with Crippen molar-refractivity contribution in [2.24, 2.45) is 5.73 Å². The molecule has 0 fully saturated rings. The average Bonchev–Trinajstić information content (AvgIpc) is 2.43. The molecule has 0 atom stereocenters. The fourth-order valence-electron chi connectivity index (χ4n) is 1.77. The molecule has 0 bridgehead atoms. The maximum Gasteiger partial charge on any atom is 0.146 e. The zero-order valence-electron chi connectivity index (χ0n) is 11.1. The van der Waals surface area contributed by atoms with Gasteiger partial charge in [-0.2, -0.15) is 0 Å². The molecule has 20 heavy (non-hydrogen) atoms. The second kappa shape index (κ2) is 6.80. The van der Waals surface area contributed by atoms with Gasteiger partial charge in [-0.05, 0) is 48.4 Å². The van der Waals surface area contributed by atoms with Gasteiger partial charge in [0.25, 0.3) is 0 Å². The maximum atomic E-state index is 6.07. The van der Waals surface area contributed by atoms with E-state index in [0.29, 0.717) is 22.3 Å². The van der Waals surface area contributed by atoms with Gasteiger partial charge in [-0.25, -0.2) is 0 Å². The van der Waals surface area contributed by atoms with E-state index in [4.69, 9.17) is 33.7 Å². The second-order valence-electron chi connectivity index (χ2n) is 4.32. The van der Waals surface area contributed by atoms with Crippen molar-refractivity contribution in [2.45, 2.75) is 6.92 Å². The first kappa shape index (κ1) is 14.9. The molecular formula is C16H15Cl2NO.